The van der Waals surface area contributed by atoms with Crippen molar-refractivity contribution in [1.29, 1.82) is 0 Å². The summed E-state index contributed by atoms with van der Waals surface area (Å²) in [5.74, 6) is 0.950. The first-order valence-electron chi connectivity index (χ1n) is 23.5. The molecule has 0 bridgehead atoms. The molecule has 5 nitrogen and oxygen atoms in total. The van der Waals surface area contributed by atoms with Gasteiger partial charge < -0.3 is 5.11 Å². The number of phenols is 1. The molecule has 10 aromatic rings. The summed E-state index contributed by atoms with van der Waals surface area (Å²) in [6.45, 7) is 26.8. The van der Waals surface area contributed by atoms with Gasteiger partial charge in [-0.25, -0.2) is 15.0 Å². The van der Waals surface area contributed by atoms with E-state index in [-0.39, 0.29) is 27.4 Å². The molecule has 7 aromatic carbocycles. The van der Waals surface area contributed by atoms with Gasteiger partial charge in [-0.2, -0.15) is 0 Å². The molecular formula is C61H60N4OS. The van der Waals surface area contributed by atoms with Crippen molar-refractivity contribution in [2.45, 2.75) is 105 Å². The fraction of sp³-hybridized carbons (Fsp3) is 0.262. The Morgan fingerprint density at radius 2 is 1.18 bits per heavy atom. The summed E-state index contributed by atoms with van der Waals surface area (Å²) < 4.78 is 4.57. The van der Waals surface area contributed by atoms with Crippen molar-refractivity contribution in [2.75, 3.05) is 0 Å². The minimum absolute atomic E-state index is 0.0787. The average Bonchev–Trinajstić information content (AvgIpc) is 3.87. The molecule has 336 valence electrons. The van der Waals surface area contributed by atoms with Gasteiger partial charge in [0.15, 0.2) is 0 Å². The van der Waals surface area contributed by atoms with Crippen LogP contribution in [-0.4, -0.2) is 24.6 Å². The minimum Gasteiger partial charge on any atom is -0.507 e. The molecule has 0 atom stereocenters. The van der Waals surface area contributed by atoms with Crippen molar-refractivity contribution < 1.29 is 5.11 Å². The summed E-state index contributed by atoms with van der Waals surface area (Å²) in [4.78, 5) is 15.7. The number of para-hydroxylation sites is 1. The number of hydrogen-bond donors (Lipinski definition) is 1. The summed E-state index contributed by atoms with van der Waals surface area (Å²) in [7, 11) is 0. The van der Waals surface area contributed by atoms with Crippen LogP contribution in [0.3, 0.4) is 0 Å². The second kappa shape index (κ2) is 15.7. The molecule has 0 aliphatic rings. The normalized spacial score (nSPS) is 12.8. The first-order chi connectivity index (χ1) is 31.7. The maximum atomic E-state index is 12.6. The zero-order valence-electron chi connectivity index (χ0n) is 40.9. The molecule has 0 amide bonds. The van der Waals surface area contributed by atoms with Crippen molar-refractivity contribution in [3.8, 4) is 56.3 Å². The van der Waals surface area contributed by atoms with Crippen LogP contribution in [0, 0.1) is 0 Å². The molecule has 0 saturated heterocycles. The first-order valence-corrected chi connectivity index (χ1v) is 24.3. The third-order valence-corrected chi connectivity index (χ3v) is 14.6. The van der Waals surface area contributed by atoms with E-state index in [1.54, 1.807) is 17.7 Å². The highest BCUT2D eigenvalue weighted by Crippen LogP contribution is 2.47. The lowest BCUT2D eigenvalue weighted by Crippen LogP contribution is -2.17. The molecule has 0 aliphatic heterocycles. The van der Waals surface area contributed by atoms with Gasteiger partial charge in [0.2, 0.25) is 0 Å². The molecule has 0 fully saturated rings. The highest BCUT2D eigenvalue weighted by atomic mass is 32.1. The Labute approximate surface area is 399 Å². The average molecular weight is 897 g/mol. The topological polar surface area (TPSA) is 63.8 Å². The van der Waals surface area contributed by atoms with Gasteiger partial charge in [-0.1, -0.05) is 174 Å². The van der Waals surface area contributed by atoms with E-state index in [9.17, 15) is 5.11 Å². The number of benzene rings is 7. The zero-order valence-corrected chi connectivity index (χ0v) is 41.7. The van der Waals surface area contributed by atoms with Crippen LogP contribution in [-0.2, 0) is 21.7 Å². The summed E-state index contributed by atoms with van der Waals surface area (Å²) in [6, 6.07) is 48.3. The third-order valence-electron chi connectivity index (χ3n) is 13.4. The van der Waals surface area contributed by atoms with Crippen LogP contribution in [0.25, 0.3) is 92.7 Å². The number of nitrogens with zero attached hydrogens (tertiary/aromatic N) is 4. The van der Waals surface area contributed by atoms with Crippen molar-refractivity contribution in [3.05, 3.63) is 162 Å². The van der Waals surface area contributed by atoms with Gasteiger partial charge in [-0.3, -0.25) is 4.57 Å². The smallest absolute Gasteiger partial charge is 0.149 e. The predicted molar refractivity (Wildman–Crippen MR) is 285 cm³/mol. The maximum absolute atomic E-state index is 12.6. The Morgan fingerprint density at radius 1 is 0.507 bits per heavy atom. The largest absolute Gasteiger partial charge is 0.507 e. The molecule has 0 spiro atoms. The zero-order chi connectivity index (χ0) is 47.4. The molecule has 67 heavy (non-hydrogen) atoms. The molecule has 6 heteroatoms. The van der Waals surface area contributed by atoms with Gasteiger partial charge >= 0.3 is 0 Å². The molecule has 10 rings (SSSR count). The molecule has 0 saturated carbocycles. The van der Waals surface area contributed by atoms with Crippen molar-refractivity contribution in [1.82, 2.24) is 19.5 Å². The summed E-state index contributed by atoms with van der Waals surface area (Å²) >= 11 is 1.76. The van der Waals surface area contributed by atoms with Crippen LogP contribution in [0.4, 0.5) is 0 Å². The summed E-state index contributed by atoms with van der Waals surface area (Å²) in [5, 5.41) is 16.2. The number of fused-ring (bicyclic) bond motifs is 6. The lowest BCUT2D eigenvalue weighted by atomic mass is 9.79. The van der Waals surface area contributed by atoms with Gasteiger partial charge in [-0.05, 0) is 103 Å². The van der Waals surface area contributed by atoms with Crippen molar-refractivity contribution >= 4 is 53.4 Å². The highest BCUT2D eigenvalue weighted by molar-refractivity contribution is 7.26. The fourth-order valence-corrected chi connectivity index (χ4v) is 10.7. The lowest BCUT2D eigenvalue weighted by Gasteiger charge is -2.28. The number of aromatic nitrogens is 4. The van der Waals surface area contributed by atoms with E-state index in [0.29, 0.717) is 11.4 Å². The molecule has 3 heterocycles. The lowest BCUT2D eigenvalue weighted by molar-refractivity contribution is 0.446. The van der Waals surface area contributed by atoms with E-state index in [2.05, 4.69) is 221 Å². The second-order valence-corrected chi connectivity index (χ2v) is 23.5. The Kier molecular flexibility index (Phi) is 10.4. The number of aromatic hydroxyl groups is 1. The Morgan fingerprint density at radius 3 is 1.90 bits per heavy atom. The molecular weight excluding hydrogens is 837 g/mol. The number of hydrogen-bond acceptors (Lipinski definition) is 5. The Balaban J connectivity index is 1.29. The van der Waals surface area contributed by atoms with E-state index in [1.807, 2.05) is 0 Å². The van der Waals surface area contributed by atoms with Gasteiger partial charge in [0.25, 0.3) is 0 Å². The van der Waals surface area contributed by atoms with Crippen LogP contribution in [0.5, 0.6) is 5.75 Å². The summed E-state index contributed by atoms with van der Waals surface area (Å²) in [5.41, 5.74) is 14.4. The molecule has 3 aromatic heterocycles. The minimum atomic E-state index is -0.330. The van der Waals surface area contributed by atoms with E-state index in [4.69, 9.17) is 15.0 Å². The van der Waals surface area contributed by atoms with E-state index >= 15 is 0 Å². The second-order valence-electron chi connectivity index (χ2n) is 22.4. The van der Waals surface area contributed by atoms with E-state index < -0.39 is 0 Å². The van der Waals surface area contributed by atoms with Crippen LogP contribution in [0.15, 0.2) is 140 Å². The number of imidazole rings is 1. The van der Waals surface area contributed by atoms with Crippen LogP contribution in [0.1, 0.15) is 105 Å². The molecule has 0 unspecified atom stereocenters. The monoisotopic (exact) mass is 896 g/mol. The molecule has 1 N–H and O–H groups in total. The standard InChI is InChI=1S/C61H60N4OS/c1-58(2,3)40-26-27-48(45(32-40)36-19-14-13-15-20-36)65-49-24-18-23-44(53(49)64-57(65)46-33-42(60(7,8)9)34-47(55(46)66)61(10,11)12)38-29-39(31-41(30-38)59(4,5)6)52-56-54(63-35-62-52)51-43-22-17-16-21-37(43)25-28-50(51)67-56/h13-35,66H,1-12H3. The first kappa shape index (κ1) is 44.2. The Hall–Kier alpha value is -6.63. The predicted octanol–water partition coefficient (Wildman–Crippen LogP) is 16.9. The maximum Gasteiger partial charge on any atom is 0.149 e. The van der Waals surface area contributed by atoms with Gasteiger partial charge in [0.1, 0.15) is 17.9 Å². The fourth-order valence-electron chi connectivity index (χ4n) is 9.51. The SMILES string of the molecule is CC(C)(C)c1cc(-c2cccc3c2nc(-c2cc(C(C)(C)C)cc(C(C)(C)C)c2O)n3-c2ccc(C(C)(C)C)cc2-c2ccccc2)cc(-c2ncnc3c2sc2ccc4ccccc4c23)c1. The van der Waals surface area contributed by atoms with Crippen LogP contribution in [0.2, 0.25) is 0 Å². The van der Waals surface area contributed by atoms with Crippen molar-refractivity contribution in [2.24, 2.45) is 0 Å². The third kappa shape index (κ3) is 7.79. The van der Waals surface area contributed by atoms with Gasteiger partial charge in [0.05, 0.1) is 38.2 Å². The van der Waals surface area contributed by atoms with Crippen LogP contribution < -0.4 is 0 Å². The van der Waals surface area contributed by atoms with Crippen molar-refractivity contribution in [3.63, 3.8) is 0 Å². The highest BCUT2D eigenvalue weighted by Gasteiger charge is 2.30. The van der Waals surface area contributed by atoms with E-state index in [1.165, 1.54) is 32.0 Å². The quantitative estimate of drug-likeness (QED) is 0.187. The van der Waals surface area contributed by atoms with Crippen LogP contribution >= 0.6 is 11.3 Å². The number of rotatable bonds is 5. The molecule has 0 aliphatic carbocycles. The molecule has 0 radical (unpaired) electrons. The number of phenolic OH excluding ortho intramolecular Hbond substituents is 1. The Bertz CT molecular complexity index is 3570. The summed E-state index contributed by atoms with van der Waals surface area (Å²) in [6.07, 6.45) is 1.73. The van der Waals surface area contributed by atoms with Gasteiger partial charge in [0, 0.05) is 32.3 Å². The van der Waals surface area contributed by atoms with E-state index in [0.717, 1.165) is 71.6 Å². The number of thiophene rings is 1. The van der Waals surface area contributed by atoms with Gasteiger partial charge in [-0.15, -0.1) is 11.3 Å².